The summed E-state index contributed by atoms with van der Waals surface area (Å²) in [5, 5.41) is 0. The zero-order valence-electron chi connectivity index (χ0n) is 24.8. The van der Waals surface area contributed by atoms with E-state index in [0.717, 1.165) is 50.3 Å². The maximum absolute atomic E-state index is 6.97. The minimum Gasteiger partial charge on any atom is -0.427 e. The van der Waals surface area contributed by atoms with Crippen LogP contribution in [0, 0.1) is 13.8 Å². The van der Waals surface area contributed by atoms with Crippen molar-refractivity contribution >= 4 is 8.53 Å². The van der Waals surface area contributed by atoms with Crippen molar-refractivity contribution in [2.45, 2.75) is 119 Å². The first-order chi connectivity index (χ1) is 16.8. The Bertz CT molecular complexity index is 968. The van der Waals surface area contributed by atoms with Crippen LogP contribution in [0.4, 0.5) is 0 Å². The van der Waals surface area contributed by atoms with Crippen molar-refractivity contribution in [2.75, 3.05) is 13.1 Å². The van der Waals surface area contributed by atoms with Crippen LogP contribution in [0.2, 0.25) is 0 Å². The first-order valence-corrected chi connectivity index (χ1v) is 15.2. The van der Waals surface area contributed by atoms with Crippen molar-refractivity contribution in [1.82, 2.24) is 4.67 Å². The summed E-state index contributed by atoms with van der Waals surface area (Å²) in [6.07, 6.45) is 4.41. The van der Waals surface area contributed by atoms with Gasteiger partial charge in [0.2, 0.25) is 0 Å². The average Bonchev–Trinajstić information content (AvgIpc) is 2.75. The van der Waals surface area contributed by atoms with E-state index in [1.165, 1.54) is 33.4 Å². The van der Waals surface area contributed by atoms with Crippen molar-refractivity contribution in [3.8, 4) is 11.5 Å². The van der Waals surface area contributed by atoms with Gasteiger partial charge < -0.3 is 9.05 Å². The highest BCUT2D eigenvalue weighted by Gasteiger charge is 2.33. The van der Waals surface area contributed by atoms with E-state index in [0.29, 0.717) is 5.92 Å². The zero-order chi connectivity index (χ0) is 26.8. The van der Waals surface area contributed by atoms with Gasteiger partial charge in [-0.15, -0.1) is 0 Å². The van der Waals surface area contributed by atoms with Crippen molar-refractivity contribution in [2.24, 2.45) is 0 Å². The fraction of sp³-hybridized carbons (Fsp3) is 0.625. The molecule has 0 saturated heterocycles. The molecule has 0 unspecified atom stereocenters. The van der Waals surface area contributed by atoms with Gasteiger partial charge in [0.15, 0.2) is 0 Å². The lowest BCUT2D eigenvalue weighted by molar-refractivity contribution is 0.344. The van der Waals surface area contributed by atoms with Crippen LogP contribution in [0.25, 0.3) is 0 Å². The molecule has 4 heterocycles. The molecule has 3 nitrogen and oxygen atoms in total. The van der Waals surface area contributed by atoms with Gasteiger partial charge in [-0.2, -0.15) is 0 Å². The molecule has 0 aromatic heterocycles. The summed E-state index contributed by atoms with van der Waals surface area (Å²) in [7, 11) is -1.31. The van der Waals surface area contributed by atoms with Crippen LogP contribution in [-0.4, -0.2) is 17.8 Å². The van der Waals surface area contributed by atoms with Gasteiger partial charge >= 0.3 is 8.53 Å². The molecular formula is C32H50NO2P. The van der Waals surface area contributed by atoms with Crippen LogP contribution >= 0.6 is 8.53 Å². The topological polar surface area (TPSA) is 21.7 Å². The van der Waals surface area contributed by atoms with Gasteiger partial charge in [0.1, 0.15) is 11.5 Å². The highest BCUT2D eigenvalue weighted by Crippen LogP contribution is 2.52. The predicted molar refractivity (Wildman–Crippen MR) is 157 cm³/mol. The maximum atomic E-state index is 6.97. The lowest BCUT2D eigenvalue weighted by Gasteiger charge is -2.35. The second-order valence-corrected chi connectivity index (χ2v) is 14.0. The van der Waals surface area contributed by atoms with Gasteiger partial charge in [0.05, 0.1) is 0 Å². The first-order valence-electron chi connectivity index (χ1n) is 14.0. The molecule has 0 radical (unpaired) electrons. The molecule has 0 amide bonds. The standard InChI is InChI=1S/C32H50NO2P/c1-12-15-24-25-20-27(31(6,7)8)29(18-22(25)4)34-36(33(16-13-2)17-14-3)35-30-19-23(5)26(24)21-28(30)32(9,10)11/h18-21,24H,12-17H2,1-11H3. The van der Waals surface area contributed by atoms with Crippen molar-refractivity contribution in [3.63, 3.8) is 0 Å². The summed E-state index contributed by atoms with van der Waals surface area (Å²) < 4.78 is 16.4. The Hall–Kier alpha value is -1.57. The molecule has 0 saturated carbocycles. The number of hydrogen-bond acceptors (Lipinski definition) is 3. The minimum atomic E-state index is -1.31. The molecule has 4 aliphatic rings. The van der Waals surface area contributed by atoms with Gasteiger partial charge in [0.25, 0.3) is 0 Å². The van der Waals surface area contributed by atoms with Gasteiger partial charge in [-0.1, -0.05) is 80.9 Å². The third-order valence-electron chi connectivity index (χ3n) is 7.23. The smallest absolute Gasteiger partial charge is 0.384 e. The Kier molecular flexibility index (Phi) is 9.22. The summed E-state index contributed by atoms with van der Waals surface area (Å²) in [6, 6.07) is 9.49. The summed E-state index contributed by atoms with van der Waals surface area (Å²) in [6.45, 7) is 27.0. The van der Waals surface area contributed by atoms with Crippen LogP contribution < -0.4 is 9.05 Å². The molecule has 4 aliphatic heterocycles. The normalized spacial score (nSPS) is 18.1. The van der Waals surface area contributed by atoms with Crippen LogP contribution in [0.15, 0.2) is 24.3 Å². The van der Waals surface area contributed by atoms with E-state index in [4.69, 9.17) is 9.05 Å². The fourth-order valence-electron chi connectivity index (χ4n) is 5.33. The van der Waals surface area contributed by atoms with E-state index in [-0.39, 0.29) is 10.8 Å². The summed E-state index contributed by atoms with van der Waals surface area (Å²) in [5.41, 5.74) is 7.98. The van der Waals surface area contributed by atoms with E-state index < -0.39 is 8.53 Å². The van der Waals surface area contributed by atoms with E-state index in [9.17, 15) is 0 Å². The molecule has 2 aromatic rings. The van der Waals surface area contributed by atoms with Crippen molar-refractivity contribution in [3.05, 3.63) is 57.6 Å². The van der Waals surface area contributed by atoms with Gasteiger partial charge in [0, 0.05) is 30.1 Å². The Balaban J connectivity index is 2.39. The van der Waals surface area contributed by atoms with Crippen LogP contribution in [0.1, 0.15) is 127 Å². The highest BCUT2D eigenvalue weighted by atomic mass is 31.2. The number of hydrogen-bond donors (Lipinski definition) is 0. The zero-order valence-corrected chi connectivity index (χ0v) is 25.7. The minimum absolute atomic E-state index is 0.0336. The molecular weight excluding hydrogens is 461 g/mol. The quantitative estimate of drug-likeness (QED) is 0.345. The monoisotopic (exact) mass is 511 g/mol. The highest BCUT2D eigenvalue weighted by molar-refractivity contribution is 7.45. The molecule has 4 bridgehead atoms. The SMILES string of the molecule is CCCC1c2cc(C(C)(C)C)c(cc2C)OP(N(CCC)CCC)Oc2cc(C)c1cc2C(C)(C)C. The van der Waals surface area contributed by atoms with Crippen molar-refractivity contribution in [1.29, 1.82) is 0 Å². The second kappa shape index (κ2) is 11.4. The third-order valence-corrected chi connectivity index (χ3v) is 8.80. The molecule has 0 spiro atoms. The largest absolute Gasteiger partial charge is 0.427 e. The lowest BCUT2D eigenvalue weighted by Crippen LogP contribution is -2.26. The Morgan fingerprint density at radius 2 is 1.11 bits per heavy atom. The number of aryl methyl sites for hydroxylation is 2. The Morgan fingerprint density at radius 3 is 1.44 bits per heavy atom. The molecule has 4 heteroatoms. The van der Waals surface area contributed by atoms with Crippen LogP contribution in [0.3, 0.4) is 0 Å². The van der Waals surface area contributed by atoms with E-state index in [2.05, 4.69) is 105 Å². The number of rotatable bonds is 7. The molecule has 200 valence electrons. The molecule has 0 fully saturated rings. The van der Waals surface area contributed by atoms with Crippen molar-refractivity contribution < 1.29 is 9.05 Å². The van der Waals surface area contributed by atoms with Gasteiger partial charge in [-0.05, 0) is 78.3 Å². The maximum Gasteiger partial charge on any atom is 0.384 e. The second-order valence-electron chi connectivity index (χ2n) is 12.6. The van der Waals surface area contributed by atoms with E-state index >= 15 is 0 Å². The molecule has 6 rings (SSSR count). The van der Waals surface area contributed by atoms with E-state index in [1.807, 2.05) is 0 Å². The third kappa shape index (κ3) is 6.28. The average molecular weight is 512 g/mol. The number of nitrogens with zero attached hydrogens (tertiary/aromatic N) is 1. The molecule has 0 atom stereocenters. The lowest BCUT2D eigenvalue weighted by atomic mass is 9.76. The molecule has 0 aliphatic carbocycles. The summed E-state index contributed by atoms with van der Waals surface area (Å²) in [5.74, 6) is 2.32. The van der Waals surface area contributed by atoms with Gasteiger partial charge in [-0.25, -0.2) is 4.67 Å². The van der Waals surface area contributed by atoms with E-state index in [1.54, 1.807) is 0 Å². The Morgan fingerprint density at radius 1 is 0.694 bits per heavy atom. The first kappa shape index (κ1) is 29.0. The van der Waals surface area contributed by atoms with Gasteiger partial charge in [-0.3, -0.25) is 0 Å². The number of benzene rings is 2. The predicted octanol–water partition coefficient (Wildman–Crippen LogP) is 9.95. The molecule has 2 aromatic carbocycles. The summed E-state index contributed by atoms with van der Waals surface area (Å²) in [4.78, 5) is 0. The Labute approximate surface area is 222 Å². The molecule has 0 N–H and O–H groups in total. The van der Waals surface area contributed by atoms with Crippen LogP contribution in [-0.2, 0) is 10.8 Å². The fourth-order valence-corrected chi connectivity index (χ4v) is 6.96. The molecule has 36 heavy (non-hydrogen) atoms. The summed E-state index contributed by atoms with van der Waals surface area (Å²) >= 11 is 0. The van der Waals surface area contributed by atoms with Crippen LogP contribution in [0.5, 0.6) is 11.5 Å².